The van der Waals surface area contributed by atoms with E-state index in [0.29, 0.717) is 24.9 Å². The van der Waals surface area contributed by atoms with Crippen LogP contribution in [0.1, 0.15) is 42.6 Å². The summed E-state index contributed by atoms with van der Waals surface area (Å²) < 4.78 is 9.74. The number of esters is 2. The Hall–Kier alpha value is -2.90. The summed E-state index contributed by atoms with van der Waals surface area (Å²) in [7, 11) is 0. The first-order valence-electron chi connectivity index (χ1n) is 9.86. The number of hydrogen-bond acceptors (Lipinski definition) is 6. The van der Waals surface area contributed by atoms with Crippen molar-refractivity contribution in [2.24, 2.45) is 5.92 Å². The predicted molar refractivity (Wildman–Crippen MR) is 105 cm³/mol. The molecule has 0 aromatic heterocycles. The molecule has 2 rings (SSSR count). The molecular formula is C21H28N2O6. The molecule has 29 heavy (non-hydrogen) atoms. The summed E-state index contributed by atoms with van der Waals surface area (Å²) in [6, 6.07) is 5.75. The van der Waals surface area contributed by atoms with Gasteiger partial charge in [0, 0.05) is 18.7 Å². The lowest BCUT2D eigenvalue weighted by molar-refractivity contribution is -0.160. The molecule has 2 amide bonds. The maximum Gasteiger partial charge on any atom is 0.340 e. The highest BCUT2D eigenvalue weighted by atomic mass is 16.6. The first-order valence-corrected chi connectivity index (χ1v) is 9.86. The summed E-state index contributed by atoms with van der Waals surface area (Å²) in [6.45, 7) is 6.08. The Kier molecular flexibility index (Phi) is 8.18. The second-order valence-corrected chi connectivity index (χ2v) is 6.90. The quantitative estimate of drug-likeness (QED) is 0.545. The van der Waals surface area contributed by atoms with Gasteiger partial charge in [-0.3, -0.25) is 9.59 Å². The standard InChI is InChI=1S/C21H28N2O6/c1-4-28-20(26)17(21(27)29-5-2)22-18(24)16-7-6-12-23(13-16)19(25)15-10-8-14(3)9-11-15/h8-11,16-17H,4-7,12-13H2,1-3H3,(H,22,24). The highest BCUT2D eigenvalue weighted by Crippen LogP contribution is 2.19. The number of rotatable bonds is 7. The minimum atomic E-state index is -1.51. The van der Waals surface area contributed by atoms with Crippen molar-refractivity contribution in [1.82, 2.24) is 10.2 Å². The molecule has 1 N–H and O–H groups in total. The summed E-state index contributed by atoms with van der Waals surface area (Å²) in [4.78, 5) is 51.2. The van der Waals surface area contributed by atoms with E-state index in [0.717, 1.165) is 5.56 Å². The van der Waals surface area contributed by atoms with Crippen molar-refractivity contribution in [2.75, 3.05) is 26.3 Å². The van der Waals surface area contributed by atoms with Crippen LogP contribution in [0.5, 0.6) is 0 Å². The van der Waals surface area contributed by atoms with E-state index in [4.69, 9.17) is 9.47 Å². The van der Waals surface area contributed by atoms with Crippen molar-refractivity contribution >= 4 is 23.8 Å². The van der Waals surface area contributed by atoms with Gasteiger partial charge in [0.2, 0.25) is 11.9 Å². The molecule has 1 aromatic carbocycles. The maximum atomic E-state index is 12.7. The van der Waals surface area contributed by atoms with Gasteiger partial charge in [-0.15, -0.1) is 0 Å². The van der Waals surface area contributed by atoms with Gasteiger partial charge in [0.1, 0.15) is 0 Å². The fraction of sp³-hybridized carbons (Fsp3) is 0.524. The fourth-order valence-electron chi connectivity index (χ4n) is 3.18. The van der Waals surface area contributed by atoms with E-state index >= 15 is 0 Å². The largest absolute Gasteiger partial charge is 0.464 e. The number of hydrogen-bond donors (Lipinski definition) is 1. The molecule has 0 bridgehead atoms. The minimum absolute atomic E-state index is 0.0763. The third-order valence-electron chi connectivity index (χ3n) is 4.71. The summed E-state index contributed by atoms with van der Waals surface area (Å²) in [5.41, 5.74) is 1.62. The van der Waals surface area contributed by atoms with Crippen LogP contribution < -0.4 is 5.32 Å². The lowest BCUT2D eigenvalue weighted by atomic mass is 9.96. The number of likely N-dealkylation sites (tertiary alicyclic amines) is 1. The summed E-state index contributed by atoms with van der Waals surface area (Å²) in [5, 5.41) is 2.44. The van der Waals surface area contributed by atoms with Gasteiger partial charge >= 0.3 is 11.9 Å². The van der Waals surface area contributed by atoms with E-state index in [9.17, 15) is 19.2 Å². The van der Waals surface area contributed by atoms with Gasteiger partial charge in [0.15, 0.2) is 0 Å². The van der Waals surface area contributed by atoms with Crippen molar-refractivity contribution < 1.29 is 28.7 Å². The van der Waals surface area contributed by atoms with Gasteiger partial charge < -0.3 is 19.7 Å². The van der Waals surface area contributed by atoms with E-state index in [1.165, 1.54) is 0 Å². The average molecular weight is 404 g/mol. The van der Waals surface area contributed by atoms with E-state index < -0.39 is 29.8 Å². The van der Waals surface area contributed by atoms with Crippen molar-refractivity contribution in [3.8, 4) is 0 Å². The zero-order chi connectivity index (χ0) is 21.4. The normalized spacial score (nSPS) is 16.3. The molecule has 0 saturated carbocycles. The molecule has 1 heterocycles. The van der Waals surface area contributed by atoms with E-state index in [2.05, 4.69) is 5.32 Å². The molecular weight excluding hydrogens is 376 g/mol. The number of nitrogens with zero attached hydrogens (tertiary/aromatic N) is 1. The molecule has 158 valence electrons. The summed E-state index contributed by atoms with van der Waals surface area (Å²) in [6.07, 6.45) is 1.21. The predicted octanol–water partition coefficient (Wildman–Crippen LogP) is 1.46. The first-order chi connectivity index (χ1) is 13.9. The van der Waals surface area contributed by atoms with Crippen LogP contribution in [0.3, 0.4) is 0 Å². The molecule has 0 aliphatic carbocycles. The van der Waals surface area contributed by atoms with Crippen LogP contribution >= 0.6 is 0 Å². The van der Waals surface area contributed by atoms with Gasteiger partial charge in [0.25, 0.3) is 5.91 Å². The summed E-state index contributed by atoms with van der Waals surface area (Å²) in [5.74, 6) is -2.86. The Bertz CT molecular complexity index is 728. The Balaban J connectivity index is 2.05. The highest BCUT2D eigenvalue weighted by molar-refractivity contribution is 6.02. The van der Waals surface area contributed by atoms with Crippen LogP contribution in [-0.4, -0.2) is 61.0 Å². The Morgan fingerprint density at radius 2 is 1.66 bits per heavy atom. The second-order valence-electron chi connectivity index (χ2n) is 6.90. The van der Waals surface area contributed by atoms with Gasteiger partial charge in [0.05, 0.1) is 19.1 Å². The molecule has 1 saturated heterocycles. The number of piperidine rings is 1. The second kappa shape index (κ2) is 10.6. The lowest BCUT2D eigenvalue weighted by Gasteiger charge is -2.32. The van der Waals surface area contributed by atoms with Crippen LogP contribution in [0.2, 0.25) is 0 Å². The SMILES string of the molecule is CCOC(=O)C(NC(=O)C1CCCN(C(=O)c2ccc(C)cc2)C1)C(=O)OCC. The molecule has 1 aliphatic rings. The summed E-state index contributed by atoms with van der Waals surface area (Å²) >= 11 is 0. The van der Waals surface area contributed by atoms with Crippen molar-refractivity contribution in [1.29, 1.82) is 0 Å². The molecule has 1 fully saturated rings. The van der Waals surface area contributed by atoms with Crippen LogP contribution in [0.15, 0.2) is 24.3 Å². The zero-order valence-electron chi connectivity index (χ0n) is 17.1. The zero-order valence-corrected chi connectivity index (χ0v) is 17.1. The molecule has 1 unspecified atom stereocenters. The molecule has 8 heteroatoms. The Labute approximate surface area is 170 Å². The Morgan fingerprint density at radius 1 is 1.07 bits per heavy atom. The number of carbonyl (C=O) groups is 4. The topological polar surface area (TPSA) is 102 Å². The van der Waals surface area contributed by atoms with E-state index in [1.54, 1.807) is 30.9 Å². The number of ether oxygens (including phenoxy) is 2. The number of aryl methyl sites for hydroxylation is 1. The third kappa shape index (κ3) is 6.04. The van der Waals surface area contributed by atoms with Gasteiger partial charge in [-0.25, -0.2) is 9.59 Å². The molecule has 1 aromatic rings. The molecule has 1 aliphatic heterocycles. The van der Waals surface area contributed by atoms with Gasteiger partial charge in [-0.05, 0) is 45.7 Å². The van der Waals surface area contributed by atoms with Crippen LogP contribution in [0.4, 0.5) is 0 Å². The minimum Gasteiger partial charge on any atom is -0.464 e. The van der Waals surface area contributed by atoms with Crippen LogP contribution in [0.25, 0.3) is 0 Å². The highest BCUT2D eigenvalue weighted by Gasteiger charge is 2.35. The van der Waals surface area contributed by atoms with Gasteiger partial charge in [-0.1, -0.05) is 17.7 Å². The lowest BCUT2D eigenvalue weighted by Crippen LogP contribution is -2.53. The van der Waals surface area contributed by atoms with Crippen LogP contribution in [-0.2, 0) is 23.9 Å². The van der Waals surface area contributed by atoms with Gasteiger partial charge in [-0.2, -0.15) is 0 Å². The van der Waals surface area contributed by atoms with Crippen molar-refractivity contribution in [3.63, 3.8) is 0 Å². The van der Waals surface area contributed by atoms with E-state index in [1.807, 2.05) is 19.1 Å². The number of benzene rings is 1. The number of nitrogens with one attached hydrogen (secondary N) is 1. The van der Waals surface area contributed by atoms with Crippen molar-refractivity contribution in [3.05, 3.63) is 35.4 Å². The molecule has 8 nitrogen and oxygen atoms in total. The smallest absolute Gasteiger partial charge is 0.340 e. The van der Waals surface area contributed by atoms with E-state index in [-0.39, 0.29) is 25.7 Å². The van der Waals surface area contributed by atoms with Crippen LogP contribution in [0, 0.1) is 12.8 Å². The monoisotopic (exact) mass is 404 g/mol. The first kappa shape index (κ1) is 22.4. The molecule has 1 atom stereocenters. The number of carbonyl (C=O) groups excluding carboxylic acids is 4. The Morgan fingerprint density at radius 3 is 2.21 bits per heavy atom. The molecule has 0 radical (unpaired) electrons. The third-order valence-corrected chi connectivity index (χ3v) is 4.71. The molecule has 0 spiro atoms. The maximum absolute atomic E-state index is 12.7. The average Bonchev–Trinajstić information content (AvgIpc) is 2.72. The fourth-order valence-corrected chi connectivity index (χ4v) is 3.18. The number of amides is 2. The van der Waals surface area contributed by atoms with Crippen molar-refractivity contribution in [2.45, 2.75) is 39.7 Å².